The Kier molecular flexibility index (Phi) is 4.79. The lowest BCUT2D eigenvalue weighted by Gasteiger charge is -2.07. The van der Waals surface area contributed by atoms with Gasteiger partial charge in [0.25, 0.3) is 0 Å². The molecule has 8 heteroatoms. The van der Waals surface area contributed by atoms with E-state index in [0.29, 0.717) is 27.8 Å². The minimum Gasteiger partial charge on any atom is -0.465 e. The van der Waals surface area contributed by atoms with E-state index in [0.717, 1.165) is 17.1 Å². The molecule has 4 heterocycles. The molecule has 0 aromatic carbocycles. The molecule has 0 saturated heterocycles. The number of hydrogen-bond donors (Lipinski definition) is 0. The summed E-state index contributed by atoms with van der Waals surface area (Å²) in [4.78, 5) is 30.3. The predicted octanol–water partition coefficient (Wildman–Crippen LogP) is 3.67. The number of fused-ring (bicyclic) bond motifs is 1. The third-order valence-electron chi connectivity index (χ3n) is 4.23. The molecule has 0 amide bonds. The zero-order chi connectivity index (χ0) is 19.7. The molecule has 0 radical (unpaired) electrons. The van der Waals surface area contributed by atoms with Crippen LogP contribution in [0.5, 0.6) is 0 Å². The molecule has 0 fully saturated rings. The van der Waals surface area contributed by atoms with Crippen LogP contribution >= 0.6 is 11.8 Å². The number of nitrogens with zero attached hydrogens (tertiary/aromatic N) is 5. The van der Waals surface area contributed by atoms with E-state index in [4.69, 9.17) is 9.72 Å². The maximum atomic E-state index is 12.0. The van der Waals surface area contributed by atoms with Crippen LogP contribution in [0.25, 0.3) is 28.4 Å². The van der Waals surface area contributed by atoms with Gasteiger partial charge in [-0.25, -0.2) is 19.7 Å². The van der Waals surface area contributed by atoms with Crippen LogP contribution in [0.4, 0.5) is 0 Å². The van der Waals surface area contributed by atoms with Crippen LogP contribution in [0.1, 0.15) is 16.1 Å². The average molecular weight is 391 g/mol. The molecule has 0 aliphatic rings. The number of rotatable bonds is 4. The zero-order valence-electron chi connectivity index (χ0n) is 15.6. The summed E-state index contributed by atoms with van der Waals surface area (Å²) in [7, 11) is 1.36. The molecule has 0 aliphatic heterocycles. The topological polar surface area (TPSA) is 82.3 Å². The molecule has 4 aromatic heterocycles. The van der Waals surface area contributed by atoms with Crippen molar-refractivity contribution in [2.75, 3.05) is 13.4 Å². The molecule has 7 nitrogen and oxygen atoms in total. The van der Waals surface area contributed by atoms with Crippen molar-refractivity contribution in [3.05, 3.63) is 60.0 Å². The largest absolute Gasteiger partial charge is 0.465 e. The first-order valence-electron chi connectivity index (χ1n) is 8.52. The van der Waals surface area contributed by atoms with E-state index in [1.54, 1.807) is 24.5 Å². The fourth-order valence-corrected chi connectivity index (χ4v) is 3.31. The first-order valence-corrected chi connectivity index (χ1v) is 9.75. The van der Waals surface area contributed by atoms with Crippen LogP contribution in [-0.4, -0.2) is 43.7 Å². The zero-order valence-corrected chi connectivity index (χ0v) is 16.4. The Morgan fingerprint density at radius 1 is 1.07 bits per heavy atom. The number of methoxy groups -OCH3 is 1. The average Bonchev–Trinajstić information content (AvgIpc) is 3.12. The number of thioether (sulfide) groups is 1. The molecule has 0 saturated carbocycles. The highest BCUT2D eigenvalue weighted by atomic mass is 32.2. The van der Waals surface area contributed by atoms with Gasteiger partial charge in [-0.1, -0.05) is 17.8 Å². The smallest absolute Gasteiger partial charge is 0.339 e. The van der Waals surface area contributed by atoms with Crippen molar-refractivity contribution in [1.29, 1.82) is 0 Å². The van der Waals surface area contributed by atoms with E-state index >= 15 is 0 Å². The highest BCUT2D eigenvalue weighted by Crippen LogP contribution is 2.31. The second-order valence-corrected chi connectivity index (χ2v) is 6.81. The van der Waals surface area contributed by atoms with E-state index in [2.05, 4.69) is 15.0 Å². The van der Waals surface area contributed by atoms with E-state index in [1.807, 2.05) is 41.8 Å². The first kappa shape index (κ1) is 18.1. The second kappa shape index (κ2) is 7.40. The molecular weight excluding hydrogens is 374 g/mol. The number of pyridine rings is 2. The number of hydrogen-bond acceptors (Lipinski definition) is 7. The van der Waals surface area contributed by atoms with Gasteiger partial charge in [-0.15, -0.1) is 0 Å². The molecule has 0 aliphatic carbocycles. The Hall–Kier alpha value is -3.26. The number of imidazole rings is 1. The van der Waals surface area contributed by atoms with Gasteiger partial charge in [0.15, 0.2) is 5.16 Å². The van der Waals surface area contributed by atoms with Gasteiger partial charge in [0.2, 0.25) is 0 Å². The van der Waals surface area contributed by atoms with Crippen LogP contribution in [0.2, 0.25) is 0 Å². The molecule has 0 atom stereocenters. The van der Waals surface area contributed by atoms with Gasteiger partial charge in [0.05, 0.1) is 24.1 Å². The molecular formula is C20H17N5O2S. The third-order valence-corrected chi connectivity index (χ3v) is 4.79. The van der Waals surface area contributed by atoms with E-state index in [-0.39, 0.29) is 0 Å². The Morgan fingerprint density at radius 2 is 1.93 bits per heavy atom. The van der Waals surface area contributed by atoms with Crippen molar-refractivity contribution >= 4 is 23.4 Å². The highest BCUT2D eigenvalue weighted by molar-refractivity contribution is 7.98. The molecule has 4 rings (SSSR count). The number of aryl methyl sites for hydroxylation is 1. The SMILES string of the molecule is COC(=O)c1ccc2nc(-c3cccc(C)n3)c(-c3ccnc(SC)n3)n2c1. The minimum atomic E-state index is -0.413. The summed E-state index contributed by atoms with van der Waals surface area (Å²) >= 11 is 1.46. The lowest BCUT2D eigenvalue weighted by molar-refractivity contribution is 0.0600. The third kappa shape index (κ3) is 3.22. The van der Waals surface area contributed by atoms with Gasteiger partial charge in [-0.05, 0) is 43.5 Å². The number of carbonyl (C=O) groups is 1. The standard InChI is InChI=1S/C20H17N5O2S/c1-12-5-4-6-14(22-12)17-18(15-9-10-21-20(23-15)28-3)25-11-13(19(26)27-2)7-8-16(25)24-17/h4-11H,1-3H3. The van der Waals surface area contributed by atoms with Crippen LogP contribution in [0.3, 0.4) is 0 Å². The first-order chi connectivity index (χ1) is 13.6. The summed E-state index contributed by atoms with van der Waals surface area (Å²) in [6, 6.07) is 11.1. The van der Waals surface area contributed by atoms with Crippen LogP contribution < -0.4 is 0 Å². The van der Waals surface area contributed by atoms with E-state index in [9.17, 15) is 4.79 Å². The molecule has 28 heavy (non-hydrogen) atoms. The Bertz CT molecular complexity index is 1190. The summed E-state index contributed by atoms with van der Waals surface area (Å²) < 4.78 is 6.71. The summed E-state index contributed by atoms with van der Waals surface area (Å²) in [5, 5.41) is 0.653. The van der Waals surface area contributed by atoms with Gasteiger partial charge in [-0.3, -0.25) is 9.38 Å². The van der Waals surface area contributed by atoms with Gasteiger partial charge in [0, 0.05) is 18.1 Å². The molecule has 0 bridgehead atoms. The van der Waals surface area contributed by atoms with Crippen molar-refractivity contribution < 1.29 is 9.53 Å². The summed E-state index contributed by atoms with van der Waals surface area (Å²) in [6.07, 6.45) is 5.35. The molecule has 140 valence electrons. The number of ether oxygens (including phenoxy) is 1. The monoisotopic (exact) mass is 391 g/mol. The minimum absolute atomic E-state index is 0.413. The van der Waals surface area contributed by atoms with Gasteiger partial charge < -0.3 is 4.74 Å². The second-order valence-electron chi connectivity index (χ2n) is 6.04. The van der Waals surface area contributed by atoms with Crippen molar-refractivity contribution in [2.24, 2.45) is 0 Å². The Labute approximate surface area is 165 Å². The summed E-state index contributed by atoms with van der Waals surface area (Å²) in [6.45, 7) is 1.94. The fourth-order valence-electron chi connectivity index (χ4n) is 2.95. The Morgan fingerprint density at radius 3 is 2.68 bits per heavy atom. The quantitative estimate of drug-likeness (QED) is 0.298. The lowest BCUT2D eigenvalue weighted by atomic mass is 10.1. The molecule has 0 N–H and O–H groups in total. The van der Waals surface area contributed by atoms with Crippen LogP contribution in [0, 0.1) is 6.92 Å². The summed E-state index contributed by atoms with van der Waals surface area (Å²) in [5.41, 5.74) is 4.88. The van der Waals surface area contributed by atoms with Crippen LogP contribution in [0.15, 0.2) is 53.9 Å². The van der Waals surface area contributed by atoms with Crippen molar-refractivity contribution in [1.82, 2.24) is 24.3 Å². The predicted molar refractivity (Wildman–Crippen MR) is 107 cm³/mol. The normalized spacial score (nSPS) is 11.0. The summed E-state index contributed by atoms with van der Waals surface area (Å²) in [5.74, 6) is -0.413. The fraction of sp³-hybridized carbons (Fsp3) is 0.150. The van der Waals surface area contributed by atoms with Gasteiger partial charge in [-0.2, -0.15) is 0 Å². The highest BCUT2D eigenvalue weighted by Gasteiger charge is 2.20. The molecule has 0 spiro atoms. The van der Waals surface area contributed by atoms with Crippen molar-refractivity contribution in [3.8, 4) is 22.8 Å². The lowest BCUT2D eigenvalue weighted by Crippen LogP contribution is -2.03. The van der Waals surface area contributed by atoms with Gasteiger partial charge in [0.1, 0.15) is 17.0 Å². The van der Waals surface area contributed by atoms with Gasteiger partial charge >= 0.3 is 5.97 Å². The molecule has 4 aromatic rings. The van der Waals surface area contributed by atoms with E-state index < -0.39 is 5.97 Å². The number of esters is 1. The van der Waals surface area contributed by atoms with Crippen molar-refractivity contribution in [2.45, 2.75) is 12.1 Å². The molecule has 0 unspecified atom stereocenters. The maximum absolute atomic E-state index is 12.0. The number of aromatic nitrogens is 5. The van der Waals surface area contributed by atoms with E-state index in [1.165, 1.54) is 18.9 Å². The number of carbonyl (C=O) groups excluding carboxylic acids is 1. The van der Waals surface area contributed by atoms with Crippen LogP contribution in [-0.2, 0) is 4.74 Å². The van der Waals surface area contributed by atoms with Crippen molar-refractivity contribution in [3.63, 3.8) is 0 Å². The maximum Gasteiger partial charge on any atom is 0.339 e. The Balaban J connectivity index is 2.04.